The fourth-order valence-electron chi connectivity index (χ4n) is 4.75. The number of anilines is 1. The third-order valence-electron chi connectivity index (χ3n) is 6.75. The molecule has 0 aliphatic rings. The molecule has 39 heavy (non-hydrogen) atoms. The van der Waals surface area contributed by atoms with Gasteiger partial charge in [-0.1, -0.05) is 18.2 Å². The highest BCUT2D eigenvalue weighted by molar-refractivity contribution is 5.86. The Hall–Kier alpha value is -5.49. The Kier molecular flexibility index (Phi) is 6.19. The van der Waals surface area contributed by atoms with Crippen LogP contribution in [0.2, 0.25) is 0 Å². The molecule has 6 aromatic rings. The number of furan rings is 1. The lowest BCUT2D eigenvalue weighted by molar-refractivity contribution is -0.108. The largest absolute Gasteiger partial charge is 0.440 e. The fraction of sp³-hybridized carbons (Fsp3) is 0.100. The van der Waals surface area contributed by atoms with Crippen LogP contribution < -0.4 is 4.90 Å². The van der Waals surface area contributed by atoms with Crippen LogP contribution in [0.4, 0.5) is 5.88 Å². The van der Waals surface area contributed by atoms with Crippen LogP contribution in [0, 0.1) is 11.3 Å². The fourth-order valence-corrected chi connectivity index (χ4v) is 4.75. The smallest absolute Gasteiger partial charge is 0.217 e. The summed E-state index contributed by atoms with van der Waals surface area (Å²) in [4.78, 5) is 27.5. The number of fused-ring (bicyclic) bond motifs is 1. The van der Waals surface area contributed by atoms with E-state index in [1.165, 1.54) is 4.90 Å². The molecule has 1 atom stereocenters. The molecule has 0 N–H and O–H groups in total. The van der Waals surface area contributed by atoms with Gasteiger partial charge in [0.25, 0.3) is 0 Å². The van der Waals surface area contributed by atoms with E-state index in [0.29, 0.717) is 29.3 Å². The van der Waals surface area contributed by atoms with Crippen LogP contribution in [0.3, 0.4) is 0 Å². The lowest BCUT2D eigenvalue weighted by atomic mass is 10.1. The Morgan fingerprint density at radius 3 is 2.67 bits per heavy atom. The lowest BCUT2D eigenvalue weighted by Crippen LogP contribution is -2.31. The van der Waals surface area contributed by atoms with E-state index in [0.717, 1.165) is 34.4 Å². The predicted octanol–water partition coefficient (Wildman–Crippen LogP) is 5.23. The predicted molar refractivity (Wildman–Crippen MR) is 146 cm³/mol. The average molecular weight is 514 g/mol. The van der Waals surface area contributed by atoms with Crippen molar-refractivity contribution in [2.45, 2.75) is 12.5 Å². The van der Waals surface area contributed by atoms with E-state index in [1.807, 2.05) is 71.0 Å². The molecule has 0 aliphatic heterocycles. The van der Waals surface area contributed by atoms with Gasteiger partial charge in [-0.3, -0.25) is 14.7 Å². The molecule has 0 aliphatic carbocycles. The highest BCUT2D eigenvalue weighted by atomic mass is 16.4. The second kappa shape index (κ2) is 10.1. The molecule has 4 heterocycles. The van der Waals surface area contributed by atoms with Gasteiger partial charge in [0.2, 0.25) is 12.3 Å². The molecule has 0 saturated heterocycles. The summed E-state index contributed by atoms with van der Waals surface area (Å²) in [6.07, 6.45) is 10.1. The molecular weight excluding hydrogens is 490 g/mol. The topological polar surface area (TPSA) is 106 Å². The summed E-state index contributed by atoms with van der Waals surface area (Å²) < 4.78 is 9.99. The first-order chi connectivity index (χ1) is 19.1. The third-order valence-corrected chi connectivity index (χ3v) is 6.75. The van der Waals surface area contributed by atoms with E-state index in [-0.39, 0.29) is 0 Å². The van der Waals surface area contributed by atoms with Crippen LogP contribution in [-0.4, -0.2) is 30.5 Å². The highest BCUT2D eigenvalue weighted by Gasteiger charge is 2.29. The molecular formula is C30H23N7O2. The quantitative estimate of drug-likeness (QED) is 0.258. The van der Waals surface area contributed by atoms with Gasteiger partial charge in [0, 0.05) is 54.9 Å². The minimum absolute atomic E-state index is 0.366. The van der Waals surface area contributed by atoms with E-state index in [1.54, 1.807) is 43.0 Å². The summed E-state index contributed by atoms with van der Waals surface area (Å²) >= 11 is 0. The van der Waals surface area contributed by atoms with Gasteiger partial charge in [0.1, 0.15) is 17.4 Å². The van der Waals surface area contributed by atoms with Crippen molar-refractivity contribution in [3.8, 4) is 23.0 Å². The van der Waals surface area contributed by atoms with Crippen LogP contribution in [0.25, 0.3) is 27.9 Å². The number of nitrogens with zero attached hydrogens (tertiary/aromatic N) is 7. The maximum Gasteiger partial charge on any atom is 0.217 e. The van der Waals surface area contributed by atoms with Crippen molar-refractivity contribution in [3.63, 3.8) is 0 Å². The minimum Gasteiger partial charge on any atom is -0.440 e. The van der Waals surface area contributed by atoms with Gasteiger partial charge in [-0.2, -0.15) is 5.26 Å². The highest BCUT2D eigenvalue weighted by Crippen LogP contribution is 2.34. The van der Waals surface area contributed by atoms with Crippen molar-refractivity contribution in [2.75, 3.05) is 4.90 Å². The van der Waals surface area contributed by atoms with Crippen molar-refractivity contribution in [1.82, 2.24) is 24.1 Å². The lowest BCUT2D eigenvalue weighted by Gasteiger charge is -2.26. The van der Waals surface area contributed by atoms with Crippen LogP contribution in [0.5, 0.6) is 0 Å². The zero-order chi connectivity index (χ0) is 26.8. The molecule has 0 fully saturated rings. The first kappa shape index (κ1) is 23.9. The van der Waals surface area contributed by atoms with Gasteiger partial charge in [-0.25, -0.2) is 9.97 Å². The monoisotopic (exact) mass is 513 g/mol. The van der Waals surface area contributed by atoms with Crippen molar-refractivity contribution >= 4 is 23.3 Å². The molecule has 0 bridgehead atoms. The zero-order valence-electron chi connectivity index (χ0n) is 21.0. The van der Waals surface area contributed by atoms with Gasteiger partial charge < -0.3 is 13.6 Å². The summed E-state index contributed by atoms with van der Waals surface area (Å²) in [6, 6.07) is 22.4. The number of hydrogen-bond donors (Lipinski definition) is 0. The number of carbonyl (C=O) groups excluding carboxylic acids is 1. The third kappa shape index (κ3) is 4.55. The summed E-state index contributed by atoms with van der Waals surface area (Å²) in [5.41, 5.74) is 4.82. The standard InChI is InChI=1S/C30H23N7O2/c1-35-27(22-6-8-25(9-7-22)36-13-12-32-19-36)18-34-30(35)26(16-24-4-2-3-11-33-24)37(20-38)29-15-23-14-21(17-31)5-10-28(23)39-29/h2-15,18-20,26H,16H2,1H3. The number of benzene rings is 2. The summed E-state index contributed by atoms with van der Waals surface area (Å²) in [7, 11) is 1.94. The first-order valence-corrected chi connectivity index (χ1v) is 12.3. The maximum atomic E-state index is 12.6. The Morgan fingerprint density at radius 1 is 1.08 bits per heavy atom. The van der Waals surface area contributed by atoms with Gasteiger partial charge in [0.15, 0.2) is 0 Å². The number of aromatic nitrogens is 5. The molecule has 9 heteroatoms. The zero-order valence-corrected chi connectivity index (χ0v) is 21.0. The van der Waals surface area contributed by atoms with E-state index < -0.39 is 6.04 Å². The summed E-state index contributed by atoms with van der Waals surface area (Å²) in [5.74, 6) is 1.05. The molecule has 6 rings (SSSR count). The van der Waals surface area contributed by atoms with E-state index in [4.69, 9.17) is 9.40 Å². The molecule has 9 nitrogen and oxygen atoms in total. The second-order valence-electron chi connectivity index (χ2n) is 9.08. The van der Waals surface area contributed by atoms with Gasteiger partial charge in [-0.15, -0.1) is 0 Å². The molecule has 1 unspecified atom stereocenters. The molecule has 0 spiro atoms. The molecule has 1 amide bonds. The molecule has 190 valence electrons. The van der Waals surface area contributed by atoms with Crippen LogP contribution in [0.15, 0.2) is 102 Å². The number of amides is 1. The maximum absolute atomic E-state index is 12.6. The Labute approximate surface area is 224 Å². The first-order valence-electron chi connectivity index (χ1n) is 12.3. The average Bonchev–Trinajstić information content (AvgIpc) is 3.73. The Balaban J connectivity index is 1.40. The van der Waals surface area contributed by atoms with Crippen molar-refractivity contribution < 1.29 is 9.21 Å². The number of carbonyl (C=O) groups is 1. The van der Waals surface area contributed by atoms with Gasteiger partial charge in [-0.05, 0) is 48.0 Å². The number of hydrogen-bond acceptors (Lipinski definition) is 6. The van der Waals surface area contributed by atoms with Crippen LogP contribution in [0.1, 0.15) is 23.1 Å². The Morgan fingerprint density at radius 2 is 1.95 bits per heavy atom. The van der Waals surface area contributed by atoms with Crippen molar-refractivity contribution in [2.24, 2.45) is 7.05 Å². The normalized spacial score (nSPS) is 11.8. The molecule has 2 aromatic carbocycles. The Bertz CT molecular complexity index is 1780. The van der Waals surface area contributed by atoms with E-state index >= 15 is 0 Å². The minimum atomic E-state index is -0.502. The van der Waals surface area contributed by atoms with Gasteiger partial charge >= 0.3 is 0 Å². The molecule has 0 radical (unpaired) electrons. The summed E-state index contributed by atoms with van der Waals surface area (Å²) in [6.45, 7) is 0. The van der Waals surface area contributed by atoms with Gasteiger partial charge in [0.05, 0.1) is 29.9 Å². The van der Waals surface area contributed by atoms with Crippen LogP contribution in [-0.2, 0) is 18.3 Å². The summed E-state index contributed by atoms with van der Waals surface area (Å²) in [5, 5.41) is 10.0. The van der Waals surface area contributed by atoms with Crippen molar-refractivity contribution in [1.29, 1.82) is 5.26 Å². The molecule has 0 saturated carbocycles. The number of rotatable bonds is 8. The van der Waals surface area contributed by atoms with E-state index in [9.17, 15) is 10.1 Å². The number of imidazole rings is 2. The number of nitriles is 1. The molecule has 4 aromatic heterocycles. The van der Waals surface area contributed by atoms with Crippen molar-refractivity contribution in [3.05, 3.63) is 115 Å². The second-order valence-corrected chi connectivity index (χ2v) is 9.08. The van der Waals surface area contributed by atoms with E-state index in [2.05, 4.69) is 16.0 Å². The SMILES string of the molecule is Cn1c(-c2ccc(-n3ccnc3)cc2)cnc1C(Cc1ccccn1)N(C=O)c1cc2cc(C#N)ccc2o1. The number of pyridine rings is 1. The van der Waals surface area contributed by atoms with Crippen LogP contribution >= 0.6 is 0 Å².